The van der Waals surface area contributed by atoms with Crippen LogP contribution in [0.4, 0.5) is 0 Å². The molecule has 0 radical (unpaired) electrons. The number of hydrogen-bond donors (Lipinski definition) is 1. The number of nitrogens with one attached hydrogen (secondary N) is 1. The van der Waals surface area contributed by atoms with Crippen molar-refractivity contribution in [2.24, 2.45) is 0 Å². The quantitative estimate of drug-likeness (QED) is 0.906. The molecule has 0 saturated heterocycles. The number of thiazole rings is 1. The Hall–Kier alpha value is -0.610. The summed E-state index contributed by atoms with van der Waals surface area (Å²) in [6.45, 7) is 2.81. The van der Waals surface area contributed by atoms with Crippen LogP contribution in [-0.4, -0.2) is 4.98 Å². The van der Waals surface area contributed by atoms with Gasteiger partial charge in [-0.2, -0.15) is 0 Å². The van der Waals surface area contributed by atoms with E-state index in [1.165, 1.54) is 16.9 Å². The van der Waals surface area contributed by atoms with Crippen molar-refractivity contribution in [1.82, 2.24) is 10.3 Å². The molecule has 0 saturated carbocycles. The van der Waals surface area contributed by atoms with Crippen LogP contribution in [0.25, 0.3) is 0 Å². The summed E-state index contributed by atoms with van der Waals surface area (Å²) in [5.41, 5.74) is 1.17. The highest BCUT2D eigenvalue weighted by atomic mass is 35.5. The van der Waals surface area contributed by atoms with E-state index in [2.05, 4.69) is 23.3 Å². The molecule has 1 N–H and O–H groups in total. The predicted octanol–water partition coefficient (Wildman–Crippen LogP) is 4.30. The van der Waals surface area contributed by atoms with Gasteiger partial charge in [0.1, 0.15) is 9.34 Å². The zero-order chi connectivity index (χ0) is 12.3. The molecule has 0 amide bonds. The summed E-state index contributed by atoms with van der Waals surface area (Å²) in [4.78, 5) is 4.20. The van der Waals surface area contributed by atoms with Crippen LogP contribution in [0.15, 0.2) is 30.5 Å². The Kier molecular flexibility index (Phi) is 4.40. The van der Waals surface area contributed by atoms with Crippen molar-refractivity contribution in [2.45, 2.75) is 19.5 Å². The number of benzene rings is 1. The summed E-state index contributed by atoms with van der Waals surface area (Å²) in [5.74, 6) is 0. The SMILES string of the molecule is C[C@@H](NCc1ncc(Cl)s1)c1cccc(Cl)c1. The Bertz CT molecular complexity index is 499. The lowest BCUT2D eigenvalue weighted by Crippen LogP contribution is -2.17. The first-order chi connectivity index (χ1) is 8.15. The van der Waals surface area contributed by atoms with Crippen molar-refractivity contribution in [3.8, 4) is 0 Å². The van der Waals surface area contributed by atoms with Gasteiger partial charge in [0.15, 0.2) is 0 Å². The molecule has 2 nitrogen and oxygen atoms in total. The number of nitrogens with zero attached hydrogens (tertiary/aromatic N) is 1. The van der Waals surface area contributed by atoms with Crippen LogP contribution >= 0.6 is 34.5 Å². The molecule has 1 heterocycles. The molecule has 1 atom stereocenters. The van der Waals surface area contributed by atoms with Crippen LogP contribution in [0.1, 0.15) is 23.5 Å². The van der Waals surface area contributed by atoms with Crippen molar-refractivity contribution in [1.29, 1.82) is 0 Å². The van der Waals surface area contributed by atoms with Crippen LogP contribution in [0.2, 0.25) is 9.36 Å². The average Bonchev–Trinajstić information content (AvgIpc) is 2.72. The van der Waals surface area contributed by atoms with Gasteiger partial charge < -0.3 is 5.32 Å². The first kappa shape index (κ1) is 12.8. The molecule has 0 spiro atoms. The minimum absolute atomic E-state index is 0.233. The molecule has 1 aromatic heterocycles. The second-order valence-electron chi connectivity index (χ2n) is 3.72. The summed E-state index contributed by atoms with van der Waals surface area (Å²) in [6, 6.07) is 8.08. The van der Waals surface area contributed by atoms with Crippen LogP contribution < -0.4 is 5.32 Å². The van der Waals surface area contributed by atoms with Gasteiger partial charge in [0, 0.05) is 17.6 Å². The Morgan fingerprint density at radius 1 is 1.41 bits per heavy atom. The summed E-state index contributed by atoms with van der Waals surface area (Å²) in [7, 11) is 0. The van der Waals surface area contributed by atoms with Crippen molar-refractivity contribution in [3.05, 3.63) is 50.4 Å². The third kappa shape index (κ3) is 3.68. The maximum Gasteiger partial charge on any atom is 0.113 e. The van der Waals surface area contributed by atoms with E-state index < -0.39 is 0 Å². The average molecular weight is 287 g/mol. The third-order valence-electron chi connectivity index (χ3n) is 2.43. The van der Waals surface area contributed by atoms with Gasteiger partial charge in [-0.15, -0.1) is 11.3 Å². The lowest BCUT2D eigenvalue weighted by atomic mass is 10.1. The van der Waals surface area contributed by atoms with E-state index in [0.29, 0.717) is 6.54 Å². The van der Waals surface area contributed by atoms with Crippen molar-refractivity contribution < 1.29 is 0 Å². The maximum atomic E-state index is 5.95. The number of rotatable bonds is 4. The van der Waals surface area contributed by atoms with Crippen molar-refractivity contribution in [3.63, 3.8) is 0 Å². The van der Waals surface area contributed by atoms with Crippen LogP contribution in [0.3, 0.4) is 0 Å². The van der Waals surface area contributed by atoms with E-state index in [-0.39, 0.29) is 6.04 Å². The van der Waals surface area contributed by atoms with E-state index in [9.17, 15) is 0 Å². The third-order valence-corrected chi connectivity index (χ3v) is 3.78. The monoisotopic (exact) mass is 286 g/mol. The van der Waals surface area contributed by atoms with Crippen LogP contribution in [0, 0.1) is 0 Å². The Balaban J connectivity index is 1.95. The number of aromatic nitrogens is 1. The number of hydrogen-bond acceptors (Lipinski definition) is 3. The Morgan fingerprint density at radius 3 is 2.88 bits per heavy atom. The van der Waals surface area contributed by atoms with Crippen molar-refractivity contribution >= 4 is 34.5 Å². The molecule has 1 aromatic carbocycles. The number of halogens is 2. The fourth-order valence-corrected chi connectivity index (χ4v) is 2.61. The lowest BCUT2D eigenvalue weighted by Gasteiger charge is -2.13. The molecule has 0 aliphatic heterocycles. The molecular weight excluding hydrogens is 275 g/mol. The molecule has 5 heteroatoms. The predicted molar refractivity (Wildman–Crippen MR) is 73.8 cm³/mol. The highest BCUT2D eigenvalue weighted by Gasteiger charge is 2.06. The van der Waals surface area contributed by atoms with Gasteiger partial charge >= 0.3 is 0 Å². The maximum absolute atomic E-state index is 5.95. The van der Waals surface area contributed by atoms with Gasteiger partial charge in [-0.25, -0.2) is 4.98 Å². The van der Waals surface area contributed by atoms with E-state index >= 15 is 0 Å². The highest BCUT2D eigenvalue weighted by molar-refractivity contribution is 7.15. The van der Waals surface area contributed by atoms with Gasteiger partial charge in [0.2, 0.25) is 0 Å². The van der Waals surface area contributed by atoms with Gasteiger partial charge in [0.05, 0.1) is 6.20 Å². The zero-order valence-electron chi connectivity index (χ0n) is 9.28. The molecule has 0 aliphatic rings. The van der Waals surface area contributed by atoms with Gasteiger partial charge in [0.25, 0.3) is 0 Å². The Morgan fingerprint density at radius 2 is 2.24 bits per heavy atom. The normalized spacial score (nSPS) is 12.6. The Labute approximate surface area is 115 Å². The standard InChI is InChI=1S/C12H12Cl2N2S/c1-8(9-3-2-4-10(13)5-9)15-7-12-16-6-11(14)17-12/h2-6,8,15H,7H2,1H3/t8-/m1/s1. The first-order valence-corrected chi connectivity index (χ1v) is 6.81. The van der Waals surface area contributed by atoms with Crippen LogP contribution in [0.5, 0.6) is 0 Å². The molecule has 17 heavy (non-hydrogen) atoms. The summed E-state index contributed by atoms with van der Waals surface area (Å²) < 4.78 is 0.720. The second-order valence-corrected chi connectivity index (χ2v) is 5.90. The van der Waals surface area contributed by atoms with Gasteiger partial charge in [-0.05, 0) is 24.6 Å². The zero-order valence-corrected chi connectivity index (χ0v) is 11.6. The lowest BCUT2D eigenvalue weighted by molar-refractivity contribution is 0.573. The largest absolute Gasteiger partial charge is 0.304 e. The summed E-state index contributed by atoms with van der Waals surface area (Å²) in [5, 5.41) is 5.13. The van der Waals surface area contributed by atoms with Gasteiger partial charge in [-0.1, -0.05) is 35.3 Å². The molecule has 2 aromatic rings. The molecule has 90 valence electrons. The smallest absolute Gasteiger partial charge is 0.113 e. The highest BCUT2D eigenvalue weighted by Crippen LogP contribution is 2.20. The first-order valence-electron chi connectivity index (χ1n) is 5.24. The second kappa shape index (κ2) is 5.83. The topological polar surface area (TPSA) is 24.9 Å². The fraction of sp³-hybridized carbons (Fsp3) is 0.250. The molecule has 0 aliphatic carbocycles. The van der Waals surface area contributed by atoms with Crippen LogP contribution in [-0.2, 0) is 6.54 Å². The van der Waals surface area contributed by atoms with E-state index in [4.69, 9.17) is 23.2 Å². The minimum Gasteiger partial charge on any atom is -0.304 e. The summed E-state index contributed by atoms with van der Waals surface area (Å²) >= 11 is 13.3. The molecule has 0 fully saturated rings. The molecule has 0 bridgehead atoms. The molecule has 0 unspecified atom stereocenters. The van der Waals surface area contributed by atoms with Gasteiger partial charge in [-0.3, -0.25) is 0 Å². The molecular formula is C12H12Cl2N2S. The van der Waals surface area contributed by atoms with E-state index in [0.717, 1.165) is 14.4 Å². The van der Waals surface area contributed by atoms with E-state index in [1.54, 1.807) is 6.20 Å². The summed E-state index contributed by atoms with van der Waals surface area (Å²) in [6.07, 6.45) is 1.67. The minimum atomic E-state index is 0.233. The molecule has 2 rings (SSSR count). The van der Waals surface area contributed by atoms with E-state index in [1.807, 2.05) is 18.2 Å². The fourth-order valence-electron chi connectivity index (χ4n) is 1.50. The van der Waals surface area contributed by atoms with Crippen molar-refractivity contribution in [2.75, 3.05) is 0 Å².